The van der Waals surface area contributed by atoms with Gasteiger partial charge in [-0.2, -0.15) is 5.26 Å². The molecule has 5 nitrogen and oxygen atoms in total. The van der Waals surface area contributed by atoms with Crippen LogP contribution >= 0.6 is 0 Å². The molecule has 0 atom stereocenters. The third-order valence-corrected chi connectivity index (χ3v) is 5.08. The fourth-order valence-corrected chi connectivity index (χ4v) is 3.63. The van der Waals surface area contributed by atoms with Crippen molar-refractivity contribution in [3.8, 4) is 6.07 Å². The minimum Gasteiger partial charge on any atom is -0.478 e. The number of anilines is 2. The fraction of sp³-hybridized carbons (Fsp3) is 0.333. The molecule has 140 valence electrons. The standard InChI is InChI=1S/C21H22FN3O2/c1-13-10-14(2)19(11-17(13)21(26)27)24-16-6-8-25(9-7-16)20-15(12-23)4-3-5-18(20)22/h3-5,10-11,16,24H,6-9H2,1-2H3,(H,26,27). The van der Waals surface area contributed by atoms with Crippen molar-refractivity contribution in [3.05, 3.63) is 58.4 Å². The Morgan fingerprint density at radius 3 is 2.59 bits per heavy atom. The second-order valence-electron chi connectivity index (χ2n) is 6.94. The van der Waals surface area contributed by atoms with Gasteiger partial charge in [-0.3, -0.25) is 0 Å². The predicted octanol–water partition coefficient (Wildman–Crippen LogP) is 4.09. The van der Waals surface area contributed by atoms with Gasteiger partial charge in [0.05, 0.1) is 16.8 Å². The Labute approximate surface area is 158 Å². The number of piperidine rings is 1. The van der Waals surface area contributed by atoms with E-state index < -0.39 is 5.97 Å². The van der Waals surface area contributed by atoms with Crippen molar-refractivity contribution in [3.63, 3.8) is 0 Å². The van der Waals surface area contributed by atoms with E-state index in [0.29, 0.717) is 29.9 Å². The van der Waals surface area contributed by atoms with Gasteiger partial charge in [0.1, 0.15) is 11.9 Å². The summed E-state index contributed by atoms with van der Waals surface area (Å²) in [6, 6.07) is 10.3. The third-order valence-electron chi connectivity index (χ3n) is 5.08. The van der Waals surface area contributed by atoms with Crippen LogP contribution in [0.5, 0.6) is 0 Å². The van der Waals surface area contributed by atoms with E-state index in [4.69, 9.17) is 0 Å². The molecule has 2 N–H and O–H groups in total. The van der Waals surface area contributed by atoms with Gasteiger partial charge in [-0.25, -0.2) is 9.18 Å². The lowest BCUT2D eigenvalue weighted by Crippen LogP contribution is -2.40. The maximum absolute atomic E-state index is 14.2. The molecule has 0 bridgehead atoms. The molecule has 2 aromatic carbocycles. The molecule has 1 aliphatic rings. The molecule has 27 heavy (non-hydrogen) atoms. The van der Waals surface area contributed by atoms with Crippen molar-refractivity contribution < 1.29 is 14.3 Å². The summed E-state index contributed by atoms with van der Waals surface area (Å²) in [5.41, 5.74) is 3.58. The minimum absolute atomic E-state index is 0.168. The van der Waals surface area contributed by atoms with Gasteiger partial charge in [-0.15, -0.1) is 0 Å². The number of carboxylic acid groups (broad SMARTS) is 1. The average molecular weight is 367 g/mol. The zero-order valence-electron chi connectivity index (χ0n) is 15.4. The largest absolute Gasteiger partial charge is 0.478 e. The molecule has 0 unspecified atom stereocenters. The van der Waals surface area contributed by atoms with Crippen LogP contribution in [0.25, 0.3) is 0 Å². The van der Waals surface area contributed by atoms with Gasteiger partial charge in [0.15, 0.2) is 0 Å². The van der Waals surface area contributed by atoms with Crippen LogP contribution in [0.4, 0.5) is 15.8 Å². The van der Waals surface area contributed by atoms with E-state index in [2.05, 4.69) is 11.4 Å². The molecular weight excluding hydrogens is 345 g/mol. The first-order valence-electron chi connectivity index (χ1n) is 8.95. The summed E-state index contributed by atoms with van der Waals surface area (Å²) < 4.78 is 14.2. The van der Waals surface area contributed by atoms with Gasteiger partial charge in [0, 0.05) is 24.8 Å². The van der Waals surface area contributed by atoms with E-state index in [9.17, 15) is 19.6 Å². The Balaban J connectivity index is 1.72. The number of nitrogens with zero attached hydrogens (tertiary/aromatic N) is 2. The zero-order valence-corrected chi connectivity index (χ0v) is 15.4. The highest BCUT2D eigenvalue weighted by molar-refractivity contribution is 5.91. The number of aromatic carboxylic acids is 1. The Hall–Kier alpha value is -3.07. The van der Waals surface area contributed by atoms with Gasteiger partial charge in [-0.1, -0.05) is 12.1 Å². The van der Waals surface area contributed by atoms with E-state index in [0.717, 1.165) is 29.7 Å². The number of nitrogens with one attached hydrogen (secondary N) is 1. The number of rotatable bonds is 4. The smallest absolute Gasteiger partial charge is 0.336 e. The molecular formula is C21H22FN3O2. The van der Waals surface area contributed by atoms with Crippen LogP contribution in [0.1, 0.15) is 39.9 Å². The molecule has 1 aliphatic heterocycles. The zero-order chi connectivity index (χ0) is 19.6. The summed E-state index contributed by atoms with van der Waals surface area (Å²) in [6.07, 6.45) is 1.55. The van der Waals surface area contributed by atoms with Gasteiger partial charge < -0.3 is 15.3 Å². The van der Waals surface area contributed by atoms with Crippen molar-refractivity contribution in [2.24, 2.45) is 0 Å². The van der Waals surface area contributed by atoms with Crippen LogP contribution in [-0.4, -0.2) is 30.2 Å². The van der Waals surface area contributed by atoms with Crippen molar-refractivity contribution in [1.82, 2.24) is 0 Å². The quantitative estimate of drug-likeness (QED) is 0.851. The SMILES string of the molecule is Cc1cc(C)c(C(=O)O)cc1NC1CCN(c2c(F)cccc2C#N)CC1. The lowest BCUT2D eigenvalue weighted by Gasteiger charge is -2.35. The van der Waals surface area contributed by atoms with Crippen molar-refractivity contribution in [2.45, 2.75) is 32.7 Å². The topological polar surface area (TPSA) is 76.4 Å². The number of halogens is 1. The van der Waals surface area contributed by atoms with Crippen LogP contribution in [0.15, 0.2) is 30.3 Å². The number of aryl methyl sites for hydroxylation is 2. The summed E-state index contributed by atoms with van der Waals surface area (Å²) in [5, 5.41) is 22.0. The first kappa shape index (κ1) is 18.7. The van der Waals surface area contributed by atoms with Gasteiger partial charge >= 0.3 is 5.97 Å². The normalized spacial score (nSPS) is 14.7. The molecule has 1 heterocycles. The van der Waals surface area contributed by atoms with E-state index in [-0.39, 0.29) is 11.9 Å². The summed E-state index contributed by atoms with van der Waals surface area (Å²) in [7, 11) is 0. The number of nitriles is 1. The monoisotopic (exact) mass is 367 g/mol. The molecule has 0 spiro atoms. The molecule has 0 aliphatic carbocycles. The molecule has 1 saturated heterocycles. The number of hydrogen-bond acceptors (Lipinski definition) is 4. The van der Waals surface area contributed by atoms with Crippen LogP contribution in [0, 0.1) is 31.0 Å². The van der Waals surface area contributed by atoms with Crippen LogP contribution in [0.3, 0.4) is 0 Å². The summed E-state index contributed by atoms with van der Waals surface area (Å²) in [6.45, 7) is 5.00. The molecule has 6 heteroatoms. The Morgan fingerprint density at radius 1 is 1.26 bits per heavy atom. The lowest BCUT2D eigenvalue weighted by molar-refractivity contribution is 0.0696. The number of carboxylic acids is 1. The molecule has 0 aromatic heterocycles. The number of carbonyl (C=O) groups is 1. The Morgan fingerprint density at radius 2 is 1.96 bits per heavy atom. The second-order valence-corrected chi connectivity index (χ2v) is 6.94. The van der Waals surface area contributed by atoms with Crippen LogP contribution < -0.4 is 10.2 Å². The second kappa shape index (κ2) is 7.67. The highest BCUT2D eigenvalue weighted by Gasteiger charge is 2.24. The van der Waals surface area contributed by atoms with E-state index in [1.165, 1.54) is 6.07 Å². The Kier molecular flexibility index (Phi) is 5.31. The molecule has 3 rings (SSSR count). The molecule has 0 amide bonds. The van der Waals surface area contributed by atoms with Crippen molar-refractivity contribution in [2.75, 3.05) is 23.3 Å². The number of hydrogen-bond donors (Lipinski definition) is 2. The number of benzene rings is 2. The number of para-hydroxylation sites is 1. The summed E-state index contributed by atoms with van der Waals surface area (Å²) in [5.74, 6) is -1.31. The van der Waals surface area contributed by atoms with Crippen molar-refractivity contribution in [1.29, 1.82) is 5.26 Å². The van der Waals surface area contributed by atoms with Gasteiger partial charge in [0.25, 0.3) is 0 Å². The highest BCUT2D eigenvalue weighted by atomic mass is 19.1. The summed E-state index contributed by atoms with van der Waals surface area (Å²) >= 11 is 0. The first-order chi connectivity index (χ1) is 12.9. The van der Waals surface area contributed by atoms with Crippen LogP contribution in [0.2, 0.25) is 0 Å². The third kappa shape index (κ3) is 3.87. The Bertz CT molecular complexity index is 912. The van der Waals surface area contributed by atoms with Crippen molar-refractivity contribution >= 4 is 17.3 Å². The van der Waals surface area contributed by atoms with Gasteiger partial charge in [-0.05, 0) is 56.0 Å². The molecule has 0 saturated carbocycles. The maximum Gasteiger partial charge on any atom is 0.336 e. The molecule has 1 fully saturated rings. The fourth-order valence-electron chi connectivity index (χ4n) is 3.63. The molecule has 0 radical (unpaired) electrons. The van der Waals surface area contributed by atoms with Crippen LogP contribution in [-0.2, 0) is 0 Å². The summed E-state index contributed by atoms with van der Waals surface area (Å²) in [4.78, 5) is 13.3. The average Bonchev–Trinajstić information content (AvgIpc) is 2.64. The van der Waals surface area contributed by atoms with Gasteiger partial charge in [0.2, 0.25) is 0 Å². The molecule has 2 aromatic rings. The van der Waals surface area contributed by atoms with E-state index in [1.807, 2.05) is 17.9 Å². The van der Waals surface area contributed by atoms with E-state index in [1.54, 1.807) is 25.1 Å². The predicted molar refractivity (Wildman–Crippen MR) is 103 cm³/mol. The minimum atomic E-state index is -0.936. The van der Waals surface area contributed by atoms with E-state index >= 15 is 0 Å². The highest BCUT2D eigenvalue weighted by Crippen LogP contribution is 2.29. The lowest BCUT2D eigenvalue weighted by atomic mass is 10.00. The first-order valence-corrected chi connectivity index (χ1v) is 8.95. The maximum atomic E-state index is 14.2.